The van der Waals surface area contributed by atoms with E-state index in [0.717, 1.165) is 5.56 Å². The van der Waals surface area contributed by atoms with Gasteiger partial charge in [0.05, 0.1) is 13.3 Å². The fourth-order valence-corrected chi connectivity index (χ4v) is 3.72. The molecule has 1 fully saturated rings. The quantitative estimate of drug-likeness (QED) is 0.594. The van der Waals surface area contributed by atoms with Crippen molar-refractivity contribution >= 4 is 11.8 Å². The van der Waals surface area contributed by atoms with Gasteiger partial charge in [-0.3, -0.25) is 9.59 Å². The van der Waals surface area contributed by atoms with Crippen molar-refractivity contribution in [1.29, 1.82) is 0 Å². The van der Waals surface area contributed by atoms with E-state index in [4.69, 9.17) is 9.15 Å². The number of benzene rings is 2. The number of carbonyl (C=O) groups excluding carboxylic acids is 2. The van der Waals surface area contributed by atoms with Gasteiger partial charge >= 0.3 is 0 Å². The summed E-state index contributed by atoms with van der Waals surface area (Å²) in [5, 5.41) is 0. The van der Waals surface area contributed by atoms with E-state index in [1.54, 1.807) is 42.5 Å². The highest BCUT2D eigenvalue weighted by atomic mass is 16.5. The maximum atomic E-state index is 12.7. The normalized spacial score (nSPS) is 13.8. The van der Waals surface area contributed by atoms with Crippen LogP contribution in [-0.4, -0.2) is 59.9 Å². The molecule has 3 aromatic rings. The molecule has 0 saturated carbocycles. The first kappa shape index (κ1) is 21.6. The topological polar surface area (TPSA) is 75.9 Å². The van der Waals surface area contributed by atoms with Gasteiger partial charge in [0.2, 0.25) is 5.91 Å². The molecule has 0 atom stereocenters. The van der Waals surface area contributed by atoms with Crippen molar-refractivity contribution in [2.45, 2.75) is 19.8 Å². The molecule has 2 heterocycles. The van der Waals surface area contributed by atoms with Gasteiger partial charge in [-0.1, -0.05) is 29.8 Å². The first-order valence-corrected chi connectivity index (χ1v) is 10.8. The van der Waals surface area contributed by atoms with E-state index < -0.39 is 0 Å². The standard InChI is InChI=1S/C25H27N3O4/c1-18-3-5-19(6-4-18)22-17-26-23(32-22)11-12-24(29)27-13-15-28(16-14-27)25(30)20-7-9-21(31-2)10-8-20/h3-10,17H,11-16H2,1-2H3. The number of aromatic nitrogens is 1. The number of rotatable bonds is 6. The summed E-state index contributed by atoms with van der Waals surface area (Å²) in [6.07, 6.45) is 2.49. The van der Waals surface area contributed by atoms with Gasteiger partial charge in [-0.15, -0.1) is 0 Å². The summed E-state index contributed by atoms with van der Waals surface area (Å²) in [6.45, 7) is 4.14. The molecule has 1 aromatic heterocycles. The molecular weight excluding hydrogens is 406 g/mol. The van der Waals surface area contributed by atoms with Crippen LogP contribution >= 0.6 is 0 Å². The molecule has 0 N–H and O–H groups in total. The summed E-state index contributed by atoms with van der Waals surface area (Å²) in [7, 11) is 1.60. The van der Waals surface area contributed by atoms with Gasteiger partial charge in [0, 0.05) is 50.1 Å². The fraction of sp³-hybridized carbons (Fsp3) is 0.320. The van der Waals surface area contributed by atoms with Crippen LogP contribution in [0.25, 0.3) is 11.3 Å². The third-order valence-electron chi connectivity index (χ3n) is 5.70. The molecule has 0 spiro atoms. The van der Waals surface area contributed by atoms with Crippen LogP contribution in [0.4, 0.5) is 0 Å². The Labute approximate surface area is 187 Å². The van der Waals surface area contributed by atoms with Gasteiger partial charge in [0.1, 0.15) is 5.75 Å². The van der Waals surface area contributed by atoms with Crippen LogP contribution in [0.2, 0.25) is 0 Å². The Hall–Kier alpha value is -3.61. The van der Waals surface area contributed by atoms with Gasteiger partial charge in [-0.25, -0.2) is 4.98 Å². The number of oxazole rings is 1. The number of hydrogen-bond donors (Lipinski definition) is 0. The fourth-order valence-electron chi connectivity index (χ4n) is 3.72. The predicted molar refractivity (Wildman–Crippen MR) is 120 cm³/mol. The van der Waals surface area contributed by atoms with Crippen LogP contribution in [0, 0.1) is 6.92 Å². The molecule has 2 aromatic carbocycles. The van der Waals surface area contributed by atoms with Crippen LogP contribution in [0.15, 0.2) is 59.1 Å². The second-order valence-corrected chi connectivity index (χ2v) is 7.89. The van der Waals surface area contributed by atoms with Gasteiger partial charge in [0.15, 0.2) is 11.7 Å². The summed E-state index contributed by atoms with van der Waals surface area (Å²) in [5.74, 6) is 2.01. The van der Waals surface area contributed by atoms with Gasteiger partial charge in [-0.2, -0.15) is 0 Å². The minimum atomic E-state index is -0.0248. The SMILES string of the molecule is COc1ccc(C(=O)N2CCN(C(=O)CCc3ncc(-c4ccc(C)cc4)o3)CC2)cc1. The van der Waals surface area contributed by atoms with Gasteiger partial charge in [-0.05, 0) is 31.2 Å². The number of aryl methyl sites for hydroxylation is 2. The summed E-state index contributed by atoms with van der Waals surface area (Å²) in [4.78, 5) is 33.2. The molecule has 1 aliphatic heterocycles. The summed E-state index contributed by atoms with van der Waals surface area (Å²) in [5.41, 5.74) is 2.78. The molecule has 1 aliphatic rings. The van der Waals surface area contributed by atoms with E-state index in [-0.39, 0.29) is 11.8 Å². The minimum Gasteiger partial charge on any atom is -0.497 e. The summed E-state index contributed by atoms with van der Waals surface area (Å²) in [6, 6.07) is 15.1. The zero-order valence-electron chi connectivity index (χ0n) is 18.4. The monoisotopic (exact) mass is 433 g/mol. The lowest BCUT2D eigenvalue weighted by Crippen LogP contribution is -2.50. The number of piperazine rings is 1. The van der Waals surface area contributed by atoms with E-state index >= 15 is 0 Å². The van der Waals surface area contributed by atoms with E-state index in [0.29, 0.717) is 62.0 Å². The largest absolute Gasteiger partial charge is 0.497 e. The number of hydrogen-bond acceptors (Lipinski definition) is 5. The zero-order valence-corrected chi connectivity index (χ0v) is 18.4. The molecule has 0 unspecified atom stereocenters. The predicted octanol–water partition coefficient (Wildman–Crippen LogP) is 3.58. The second-order valence-electron chi connectivity index (χ2n) is 7.89. The molecule has 32 heavy (non-hydrogen) atoms. The van der Waals surface area contributed by atoms with E-state index in [9.17, 15) is 9.59 Å². The smallest absolute Gasteiger partial charge is 0.253 e. The lowest BCUT2D eigenvalue weighted by Gasteiger charge is -2.34. The molecule has 0 aliphatic carbocycles. The third-order valence-corrected chi connectivity index (χ3v) is 5.70. The van der Waals surface area contributed by atoms with Crippen molar-refractivity contribution < 1.29 is 18.7 Å². The molecule has 7 heteroatoms. The van der Waals surface area contributed by atoms with Crippen molar-refractivity contribution in [3.05, 3.63) is 71.7 Å². The molecule has 1 saturated heterocycles. The summed E-state index contributed by atoms with van der Waals surface area (Å²) < 4.78 is 11.0. The molecule has 2 amide bonds. The van der Waals surface area contributed by atoms with Crippen LogP contribution in [0.1, 0.15) is 28.2 Å². The van der Waals surface area contributed by atoms with E-state index in [1.165, 1.54) is 5.56 Å². The molecule has 0 bridgehead atoms. The van der Waals surface area contributed by atoms with Crippen molar-refractivity contribution in [2.24, 2.45) is 0 Å². The van der Waals surface area contributed by atoms with Crippen molar-refractivity contribution in [2.75, 3.05) is 33.3 Å². The van der Waals surface area contributed by atoms with E-state index in [1.807, 2.05) is 36.1 Å². The maximum absolute atomic E-state index is 12.7. The minimum absolute atomic E-state index is 0.0248. The van der Waals surface area contributed by atoms with Crippen LogP contribution in [-0.2, 0) is 11.2 Å². The zero-order chi connectivity index (χ0) is 22.5. The molecule has 7 nitrogen and oxygen atoms in total. The highest BCUT2D eigenvalue weighted by Crippen LogP contribution is 2.21. The number of methoxy groups -OCH3 is 1. The van der Waals surface area contributed by atoms with E-state index in [2.05, 4.69) is 4.98 Å². The molecular formula is C25H27N3O4. The number of carbonyl (C=O) groups is 2. The van der Waals surface area contributed by atoms with Crippen molar-refractivity contribution in [1.82, 2.24) is 14.8 Å². The maximum Gasteiger partial charge on any atom is 0.253 e. The Morgan fingerprint density at radius 2 is 1.62 bits per heavy atom. The second kappa shape index (κ2) is 9.68. The highest BCUT2D eigenvalue weighted by Gasteiger charge is 2.25. The number of ether oxygens (including phenoxy) is 1. The lowest BCUT2D eigenvalue weighted by molar-refractivity contribution is -0.132. The third kappa shape index (κ3) is 4.99. The first-order valence-electron chi connectivity index (χ1n) is 10.8. The Bertz CT molecular complexity index is 1070. The summed E-state index contributed by atoms with van der Waals surface area (Å²) >= 11 is 0. The Morgan fingerprint density at radius 1 is 0.969 bits per heavy atom. The average Bonchev–Trinajstić information content (AvgIpc) is 3.32. The van der Waals surface area contributed by atoms with Crippen LogP contribution in [0.3, 0.4) is 0 Å². The molecule has 166 valence electrons. The molecule has 0 radical (unpaired) electrons. The Balaban J connectivity index is 1.26. The highest BCUT2D eigenvalue weighted by molar-refractivity contribution is 5.94. The van der Waals surface area contributed by atoms with Gasteiger partial charge < -0.3 is 19.0 Å². The van der Waals surface area contributed by atoms with Gasteiger partial charge in [0.25, 0.3) is 5.91 Å². The lowest BCUT2D eigenvalue weighted by atomic mass is 10.1. The average molecular weight is 434 g/mol. The number of amides is 2. The Kier molecular flexibility index (Phi) is 6.54. The molecule has 4 rings (SSSR count). The van der Waals surface area contributed by atoms with Crippen LogP contribution in [0.5, 0.6) is 5.75 Å². The van der Waals surface area contributed by atoms with Crippen LogP contribution < -0.4 is 4.74 Å². The first-order chi connectivity index (χ1) is 15.5. The van der Waals surface area contributed by atoms with Crippen molar-refractivity contribution in [3.63, 3.8) is 0 Å². The van der Waals surface area contributed by atoms with Crippen molar-refractivity contribution in [3.8, 4) is 17.1 Å². The number of nitrogens with zero attached hydrogens (tertiary/aromatic N) is 3. The Morgan fingerprint density at radius 3 is 2.28 bits per heavy atom.